The molecule has 4 atom stereocenters. The van der Waals surface area contributed by atoms with Crippen LogP contribution in [0.25, 0.3) is 0 Å². The summed E-state index contributed by atoms with van der Waals surface area (Å²) in [5, 5.41) is 16.0. The fraction of sp³-hybridized carbons (Fsp3) is 0.320. The van der Waals surface area contributed by atoms with E-state index in [1.807, 2.05) is 0 Å². The topological polar surface area (TPSA) is 111 Å². The number of allylic oxidation sites excluding steroid dienone is 2. The summed E-state index contributed by atoms with van der Waals surface area (Å²) in [7, 11) is 1.51. The largest absolute Gasteiger partial charge is 0.493 e. The third kappa shape index (κ3) is 3.83. The van der Waals surface area contributed by atoms with Gasteiger partial charge in [0.25, 0.3) is 17.5 Å². The molecule has 174 valence electrons. The minimum absolute atomic E-state index is 0.0168. The summed E-state index contributed by atoms with van der Waals surface area (Å²) in [5.74, 6) is 0.163. The van der Waals surface area contributed by atoms with Crippen molar-refractivity contribution >= 4 is 23.7 Å². The summed E-state index contributed by atoms with van der Waals surface area (Å²) in [6.45, 7) is 0.206. The summed E-state index contributed by atoms with van der Waals surface area (Å²) in [4.78, 5) is 36.1. The van der Waals surface area contributed by atoms with Crippen LogP contribution in [-0.4, -0.2) is 35.1 Å². The van der Waals surface area contributed by atoms with Crippen LogP contribution in [0.1, 0.15) is 24.0 Å². The first-order valence-electron chi connectivity index (χ1n) is 11.1. The van der Waals surface area contributed by atoms with Gasteiger partial charge in [0.05, 0.1) is 30.1 Å². The van der Waals surface area contributed by atoms with Gasteiger partial charge in [0, 0.05) is 12.1 Å². The van der Waals surface area contributed by atoms with Crippen molar-refractivity contribution in [2.45, 2.75) is 19.4 Å². The maximum Gasteiger partial charge on any atom is 0.269 e. The molecule has 6 rings (SSSR count). The monoisotopic (exact) mass is 461 g/mol. The lowest BCUT2D eigenvalue weighted by Gasteiger charge is -2.37. The molecule has 2 bridgehead atoms. The van der Waals surface area contributed by atoms with E-state index in [0.29, 0.717) is 17.1 Å². The van der Waals surface area contributed by atoms with Gasteiger partial charge in [-0.1, -0.05) is 12.2 Å². The molecule has 1 saturated heterocycles. The lowest BCUT2D eigenvalue weighted by atomic mass is 9.63. The molecule has 3 aliphatic carbocycles. The van der Waals surface area contributed by atoms with E-state index in [1.165, 1.54) is 25.5 Å². The zero-order valence-electron chi connectivity index (χ0n) is 18.5. The van der Waals surface area contributed by atoms with Crippen molar-refractivity contribution in [3.63, 3.8) is 0 Å². The number of rotatable bonds is 7. The van der Waals surface area contributed by atoms with Gasteiger partial charge in [0.2, 0.25) is 0 Å². The van der Waals surface area contributed by atoms with Crippen LogP contribution in [0.15, 0.2) is 59.7 Å². The fourth-order valence-corrected chi connectivity index (χ4v) is 5.06. The number of ether oxygens (including phenoxy) is 2. The predicted molar refractivity (Wildman–Crippen MR) is 122 cm³/mol. The highest BCUT2D eigenvalue weighted by molar-refractivity contribution is 6.06. The van der Waals surface area contributed by atoms with Gasteiger partial charge < -0.3 is 9.47 Å². The van der Waals surface area contributed by atoms with E-state index in [1.54, 1.807) is 30.3 Å². The Bertz CT molecular complexity index is 1170. The molecular formula is C25H23N3O6. The number of fused-ring (bicyclic) bond motifs is 1. The fourth-order valence-electron chi connectivity index (χ4n) is 5.06. The number of hydrogen-bond acceptors (Lipinski definition) is 7. The predicted octanol–water partition coefficient (Wildman–Crippen LogP) is 3.71. The molecule has 1 aliphatic heterocycles. The highest BCUT2D eigenvalue weighted by atomic mass is 16.6. The minimum Gasteiger partial charge on any atom is -0.493 e. The Kier molecular flexibility index (Phi) is 5.61. The smallest absolute Gasteiger partial charge is 0.269 e. The van der Waals surface area contributed by atoms with Gasteiger partial charge in [-0.05, 0) is 66.1 Å². The summed E-state index contributed by atoms with van der Waals surface area (Å²) in [6.07, 6.45) is 7.52. The number of nitro groups is 1. The molecule has 1 heterocycles. The Morgan fingerprint density at radius 3 is 2.24 bits per heavy atom. The number of imide groups is 1. The number of nitrogens with zero attached hydrogens (tertiary/aromatic N) is 3. The van der Waals surface area contributed by atoms with E-state index in [2.05, 4.69) is 17.3 Å². The third-order valence-corrected chi connectivity index (χ3v) is 6.79. The van der Waals surface area contributed by atoms with Crippen molar-refractivity contribution < 1.29 is 24.0 Å². The van der Waals surface area contributed by atoms with E-state index in [0.717, 1.165) is 23.4 Å². The maximum atomic E-state index is 12.9. The van der Waals surface area contributed by atoms with E-state index in [-0.39, 0.29) is 47.8 Å². The van der Waals surface area contributed by atoms with Gasteiger partial charge in [0.1, 0.15) is 6.61 Å². The second kappa shape index (κ2) is 8.74. The van der Waals surface area contributed by atoms with Gasteiger partial charge in [0.15, 0.2) is 11.5 Å². The number of carbonyl (C=O) groups is 2. The van der Waals surface area contributed by atoms with Gasteiger partial charge >= 0.3 is 0 Å². The van der Waals surface area contributed by atoms with Gasteiger partial charge in [-0.25, -0.2) is 0 Å². The number of nitro benzene ring substituents is 1. The molecule has 2 amide bonds. The average Bonchev–Trinajstić information content (AvgIpc) is 3.14. The molecule has 0 unspecified atom stereocenters. The van der Waals surface area contributed by atoms with Gasteiger partial charge in [-0.15, -0.1) is 0 Å². The van der Waals surface area contributed by atoms with Gasteiger partial charge in [-0.3, -0.25) is 19.7 Å². The van der Waals surface area contributed by atoms with Crippen molar-refractivity contribution in [2.24, 2.45) is 28.8 Å². The number of benzene rings is 2. The first kappa shape index (κ1) is 21.8. The molecule has 4 aliphatic rings. The van der Waals surface area contributed by atoms with Crippen LogP contribution in [-0.2, 0) is 16.2 Å². The van der Waals surface area contributed by atoms with Crippen molar-refractivity contribution in [3.8, 4) is 11.5 Å². The summed E-state index contributed by atoms with van der Waals surface area (Å²) >= 11 is 0. The number of non-ortho nitro benzene ring substituents is 1. The second-order valence-corrected chi connectivity index (χ2v) is 8.70. The lowest BCUT2D eigenvalue weighted by Crippen LogP contribution is -2.38. The van der Waals surface area contributed by atoms with Crippen LogP contribution >= 0.6 is 0 Å². The highest BCUT2D eigenvalue weighted by Crippen LogP contribution is 2.49. The maximum absolute atomic E-state index is 12.9. The molecule has 0 spiro atoms. The highest BCUT2D eigenvalue weighted by Gasteiger charge is 2.56. The molecule has 0 aromatic heterocycles. The molecule has 0 radical (unpaired) electrons. The SMILES string of the molecule is COc1cc(/C=N\N2C(=O)[C@H]3[C@H](C2=O)[C@H]2C=C[C@H]3CC2)ccc1OCc1ccc([N+](=O)[O-])cc1. The Morgan fingerprint density at radius 2 is 1.68 bits per heavy atom. The molecule has 9 nitrogen and oxygen atoms in total. The van der Waals surface area contributed by atoms with E-state index in [9.17, 15) is 19.7 Å². The summed E-state index contributed by atoms with van der Waals surface area (Å²) in [5.41, 5.74) is 1.44. The number of carbonyl (C=O) groups excluding carboxylic acids is 2. The van der Waals surface area contributed by atoms with E-state index >= 15 is 0 Å². The quantitative estimate of drug-likeness (QED) is 0.204. The van der Waals surface area contributed by atoms with Crippen LogP contribution < -0.4 is 9.47 Å². The number of methoxy groups -OCH3 is 1. The second-order valence-electron chi connectivity index (χ2n) is 8.70. The number of amides is 2. The molecule has 2 aromatic carbocycles. The zero-order chi connectivity index (χ0) is 23.8. The standard InChI is InChI=1S/C25H23N3O6/c1-33-21-12-16(4-11-20(21)34-14-15-2-9-19(10-3-15)28(31)32)13-26-27-24(29)22-17-5-6-18(8-7-17)23(22)25(27)30/h2-6,9-13,17-18,22-23H,7-8,14H2,1H3/b26-13-/t17-,18-,22+,23+/m0/s1. The van der Waals surface area contributed by atoms with Crippen LogP contribution in [0.4, 0.5) is 5.69 Å². The first-order valence-corrected chi connectivity index (χ1v) is 11.1. The van der Waals surface area contributed by atoms with E-state index < -0.39 is 4.92 Å². The Morgan fingerprint density at radius 1 is 1.03 bits per heavy atom. The molecule has 2 fully saturated rings. The first-order chi connectivity index (χ1) is 16.5. The average molecular weight is 461 g/mol. The minimum atomic E-state index is -0.452. The Hall–Kier alpha value is -4.01. The van der Waals surface area contributed by atoms with Crippen molar-refractivity contribution in [1.82, 2.24) is 5.01 Å². The molecule has 34 heavy (non-hydrogen) atoms. The van der Waals surface area contributed by atoms with Crippen LogP contribution in [0.5, 0.6) is 11.5 Å². The molecule has 1 saturated carbocycles. The van der Waals surface area contributed by atoms with Crippen LogP contribution in [0, 0.1) is 33.8 Å². The van der Waals surface area contributed by atoms with E-state index in [4.69, 9.17) is 9.47 Å². The molecular weight excluding hydrogens is 438 g/mol. The van der Waals surface area contributed by atoms with Crippen LogP contribution in [0.3, 0.4) is 0 Å². The molecule has 2 aromatic rings. The molecule has 0 N–H and O–H groups in total. The zero-order valence-corrected chi connectivity index (χ0v) is 18.5. The number of hydrazone groups is 1. The Balaban J connectivity index is 1.27. The van der Waals surface area contributed by atoms with Crippen LogP contribution in [0.2, 0.25) is 0 Å². The third-order valence-electron chi connectivity index (χ3n) is 6.79. The number of hydrogen-bond donors (Lipinski definition) is 0. The van der Waals surface area contributed by atoms with Crippen molar-refractivity contribution in [1.29, 1.82) is 0 Å². The normalized spacial score (nSPS) is 25.1. The lowest BCUT2D eigenvalue weighted by molar-refractivity contribution is -0.384. The Labute approximate surface area is 195 Å². The van der Waals surface area contributed by atoms with Crippen molar-refractivity contribution in [3.05, 3.63) is 75.9 Å². The summed E-state index contributed by atoms with van der Waals surface area (Å²) in [6, 6.07) is 11.3. The van der Waals surface area contributed by atoms with Crippen molar-refractivity contribution in [2.75, 3.05) is 7.11 Å². The summed E-state index contributed by atoms with van der Waals surface area (Å²) < 4.78 is 11.2. The molecule has 9 heteroatoms. The van der Waals surface area contributed by atoms with Gasteiger partial charge in [-0.2, -0.15) is 10.1 Å².